The fraction of sp³-hybridized carbons (Fsp3) is 0.533. The van der Waals surface area contributed by atoms with Gasteiger partial charge >= 0.3 is 0 Å². The molecule has 4 heteroatoms. The van der Waals surface area contributed by atoms with E-state index >= 15 is 0 Å². The van der Waals surface area contributed by atoms with Gasteiger partial charge in [0.15, 0.2) is 5.78 Å². The minimum atomic E-state index is -0.838. The normalized spacial score (nSPS) is 18.3. The number of hydrogen-bond acceptors (Lipinski definition) is 2. The Kier molecular flexibility index (Phi) is 5.26. The van der Waals surface area contributed by atoms with Crippen LogP contribution in [0, 0.1) is 5.92 Å². The summed E-state index contributed by atoms with van der Waals surface area (Å²) in [6, 6.07) is 5.15. The Morgan fingerprint density at radius 1 is 1.21 bits per heavy atom. The van der Waals surface area contributed by atoms with Crippen molar-refractivity contribution >= 4 is 29.0 Å². The van der Waals surface area contributed by atoms with E-state index in [0.29, 0.717) is 10.0 Å². The van der Waals surface area contributed by atoms with Gasteiger partial charge in [-0.2, -0.15) is 0 Å². The summed E-state index contributed by atoms with van der Waals surface area (Å²) in [6.45, 7) is 0. The molecule has 0 radical (unpaired) electrons. The number of benzene rings is 1. The van der Waals surface area contributed by atoms with E-state index in [1.807, 2.05) is 0 Å². The zero-order valence-corrected chi connectivity index (χ0v) is 12.3. The van der Waals surface area contributed by atoms with Crippen LogP contribution in [0.15, 0.2) is 18.2 Å². The summed E-state index contributed by atoms with van der Waals surface area (Å²) in [7, 11) is 0. The predicted molar refractivity (Wildman–Crippen MR) is 77.8 cm³/mol. The highest BCUT2D eigenvalue weighted by atomic mass is 35.5. The van der Waals surface area contributed by atoms with Crippen molar-refractivity contribution in [1.29, 1.82) is 0 Å². The maximum absolute atomic E-state index is 12.1. The molecule has 1 fully saturated rings. The van der Waals surface area contributed by atoms with Gasteiger partial charge in [-0.3, -0.25) is 4.79 Å². The van der Waals surface area contributed by atoms with Crippen molar-refractivity contribution in [1.82, 2.24) is 0 Å². The molecule has 0 saturated heterocycles. The molecule has 1 aromatic rings. The van der Waals surface area contributed by atoms with Gasteiger partial charge in [-0.1, -0.05) is 48.5 Å². The Balaban J connectivity index is 1.97. The number of Topliss-reactive ketones (excluding diaryl/α,β-unsaturated/α-hetero) is 1. The highest BCUT2D eigenvalue weighted by Crippen LogP contribution is 2.28. The number of aliphatic hydroxyl groups excluding tert-OH is 1. The average Bonchev–Trinajstić information content (AvgIpc) is 2.43. The maximum atomic E-state index is 12.1. The molecule has 19 heavy (non-hydrogen) atoms. The van der Waals surface area contributed by atoms with Gasteiger partial charge < -0.3 is 5.11 Å². The van der Waals surface area contributed by atoms with E-state index in [0.717, 1.165) is 31.2 Å². The molecule has 1 aliphatic carbocycles. The lowest BCUT2D eigenvalue weighted by Crippen LogP contribution is -2.32. The number of rotatable bonds is 4. The second kappa shape index (κ2) is 6.74. The number of aliphatic hydroxyl groups is 1. The van der Waals surface area contributed by atoms with Crippen molar-refractivity contribution in [3.05, 3.63) is 33.8 Å². The average molecular weight is 301 g/mol. The molecule has 1 aliphatic rings. The van der Waals surface area contributed by atoms with Gasteiger partial charge in [-0.15, -0.1) is 0 Å². The van der Waals surface area contributed by atoms with Crippen molar-refractivity contribution in [2.24, 2.45) is 5.92 Å². The predicted octanol–water partition coefficient (Wildman–Crippen LogP) is 4.05. The van der Waals surface area contributed by atoms with E-state index in [-0.39, 0.29) is 18.1 Å². The standard InChI is InChI=1S/C15H18Cl2O2/c16-12-7-6-10(8-13(12)17)9-14(18)15(19)11-4-2-1-3-5-11/h6-8,11,15,19H,1-5,9H2. The van der Waals surface area contributed by atoms with E-state index in [4.69, 9.17) is 23.2 Å². The van der Waals surface area contributed by atoms with Crippen LogP contribution in [0.2, 0.25) is 10.0 Å². The largest absolute Gasteiger partial charge is 0.385 e. The lowest BCUT2D eigenvalue weighted by Gasteiger charge is -2.25. The second-order valence-corrected chi connectivity index (χ2v) is 6.05. The molecule has 0 aliphatic heterocycles. The number of halogens is 2. The number of hydrogen-bond donors (Lipinski definition) is 1. The summed E-state index contributed by atoms with van der Waals surface area (Å²) in [5.41, 5.74) is 0.800. The molecule has 0 bridgehead atoms. The molecule has 0 spiro atoms. The number of carbonyl (C=O) groups excluding carboxylic acids is 1. The molecule has 104 valence electrons. The van der Waals surface area contributed by atoms with E-state index in [1.54, 1.807) is 18.2 Å². The van der Waals surface area contributed by atoms with Crippen molar-refractivity contribution in [3.8, 4) is 0 Å². The topological polar surface area (TPSA) is 37.3 Å². The van der Waals surface area contributed by atoms with Crippen LogP contribution in [0.4, 0.5) is 0 Å². The van der Waals surface area contributed by atoms with Crippen LogP contribution >= 0.6 is 23.2 Å². The highest BCUT2D eigenvalue weighted by Gasteiger charge is 2.27. The van der Waals surface area contributed by atoms with Crippen LogP contribution in [0.3, 0.4) is 0 Å². The molecule has 1 unspecified atom stereocenters. The summed E-state index contributed by atoms with van der Waals surface area (Å²) in [4.78, 5) is 12.1. The Hall–Kier alpha value is -0.570. The van der Waals surface area contributed by atoms with E-state index < -0.39 is 6.10 Å². The van der Waals surface area contributed by atoms with Crippen LogP contribution in [-0.2, 0) is 11.2 Å². The lowest BCUT2D eigenvalue weighted by atomic mass is 9.83. The molecule has 0 amide bonds. The fourth-order valence-corrected chi connectivity index (χ4v) is 2.99. The van der Waals surface area contributed by atoms with Crippen LogP contribution in [0.25, 0.3) is 0 Å². The summed E-state index contributed by atoms with van der Waals surface area (Å²) < 4.78 is 0. The third kappa shape index (κ3) is 3.95. The molecule has 2 nitrogen and oxygen atoms in total. The fourth-order valence-electron chi connectivity index (χ4n) is 2.67. The summed E-state index contributed by atoms with van der Waals surface area (Å²) in [5, 5.41) is 11.0. The molecule has 1 N–H and O–H groups in total. The van der Waals surface area contributed by atoms with Crippen LogP contribution < -0.4 is 0 Å². The molecule has 1 aromatic carbocycles. The number of carbonyl (C=O) groups is 1. The van der Waals surface area contributed by atoms with Crippen LogP contribution in [-0.4, -0.2) is 17.0 Å². The van der Waals surface area contributed by atoms with Crippen molar-refractivity contribution in [3.63, 3.8) is 0 Å². The molecule has 1 saturated carbocycles. The van der Waals surface area contributed by atoms with Gasteiger partial charge in [0, 0.05) is 6.42 Å². The van der Waals surface area contributed by atoms with Gasteiger partial charge in [0.2, 0.25) is 0 Å². The first kappa shape index (κ1) is 14.8. The van der Waals surface area contributed by atoms with Gasteiger partial charge in [0.1, 0.15) is 6.10 Å². The Morgan fingerprint density at radius 3 is 2.53 bits per heavy atom. The molecule has 1 atom stereocenters. The van der Waals surface area contributed by atoms with E-state index in [9.17, 15) is 9.90 Å². The van der Waals surface area contributed by atoms with Crippen molar-refractivity contribution < 1.29 is 9.90 Å². The van der Waals surface area contributed by atoms with Gasteiger partial charge in [0.05, 0.1) is 10.0 Å². The first-order chi connectivity index (χ1) is 9.08. The highest BCUT2D eigenvalue weighted by molar-refractivity contribution is 6.42. The minimum Gasteiger partial charge on any atom is -0.385 e. The van der Waals surface area contributed by atoms with Crippen LogP contribution in [0.1, 0.15) is 37.7 Å². The first-order valence-corrected chi connectivity index (χ1v) is 7.48. The summed E-state index contributed by atoms with van der Waals surface area (Å²) >= 11 is 11.8. The number of ketones is 1. The van der Waals surface area contributed by atoms with Gasteiger partial charge in [0.25, 0.3) is 0 Å². The smallest absolute Gasteiger partial charge is 0.165 e. The Bertz CT molecular complexity index is 453. The van der Waals surface area contributed by atoms with E-state index in [2.05, 4.69) is 0 Å². The molecule has 0 heterocycles. The molecular weight excluding hydrogens is 283 g/mol. The first-order valence-electron chi connectivity index (χ1n) is 6.72. The van der Waals surface area contributed by atoms with Crippen molar-refractivity contribution in [2.45, 2.75) is 44.6 Å². The SMILES string of the molecule is O=C(Cc1ccc(Cl)c(Cl)c1)C(O)C1CCCCC1. The lowest BCUT2D eigenvalue weighted by molar-refractivity contribution is -0.129. The zero-order chi connectivity index (χ0) is 13.8. The quantitative estimate of drug-likeness (QED) is 0.911. The Morgan fingerprint density at radius 2 is 1.89 bits per heavy atom. The summed E-state index contributed by atoms with van der Waals surface area (Å²) in [5.74, 6) is 0.00862. The van der Waals surface area contributed by atoms with Crippen molar-refractivity contribution in [2.75, 3.05) is 0 Å². The van der Waals surface area contributed by atoms with E-state index in [1.165, 1.54) is 6.42 Å². The van der Waals surface area contributed by atoms with Gasteiger partial charge in [-0.05, 0) is 36.5 Å². The minimum absolute atomic E-state index is 0.120. The molecule has 0 aromatic heterocycles. The Labute approximate surface area is 123 Å². The zero-order valence-electron chi connectivity index (χ0n) is 10.7. The molecule has 2 rings (SSSR count). The monoisotopic (exact) mass is 300 g/mol. The third-order valence-electron chi connectivity index (χ3n) is 3.79. The molecular formula is C15H18Cl2O2. The third-order valence-corrected chi connectivity index (χ3v) is 4.53. The summed E-state index contributed by atoms with van der Waals surface area (Å²) in [6.07, 6.45) is 4.72. The second-order valence-electron chi connectivity index (χ2n) is 5.23. The van der Waals surface area contributed by atoms with Gasteiger partial charge in [-0.25, -0.2) is 0 Å². The van der Waals surface area contributed by atoms with Crippen LogP contribution in [0.5, 0.6) is 0 Å². The maximum Gasteiger partial charge on any atom is 0.165 e.